The van der Waals surface area contributed by atoms with E-state index in [1.165, 1.54) is 23.4 Å². The van der Waals surface area contributed by atoms with Crippen LogP contribution in [-0.4, -0.2) is 49.2 Å². The van der Waals surface area contributed by atoms with Gasteiger partial charge < -0.3 is 9.47 Å². The number of hydrogen-bond acceptors (Lipinski definition) is 5. The van der Waals surface area contributed by atoms with Gasteiger partial charge in [0.15, 0.2) is 11.5 Å². The van der Waals surface area contributed by atoms with Crippen LogP contribution in [0.3, 0.4) is 0 Å². The van der Waals surface area contributed by atoms with Crippen LogP contribution >= 0.6 is 11.3 Å². The highest BCUT2D eigenvalue weighted by atomic mass is 32.1. The fourth-order valence-corrected chi connectivity index (χ4v) is 4.15. The van der Waals surface area contributed by atoms with Crippen molar-refractivity contribution < 1.29 is 9.47 Å². The van der Waals surface area contributed by atoms with Gasteiger partial charge in [-0.15, -0.1) is 11.3 Å². The van der Waals surface area contributed by atoms with Gasteiger partial charge in [-0.05, 0) is 48.7 Å². The van der Waals surface area contributed by atoms with Gasteiger partial charge >= 0.3 is 0 Å². The summed E-state index contributed by atoms with van der Waals surface area (Å²) in [6, 6.07) is 10.7. The Hall–Kier alpha value is -1.56. The zero-order chi connectivity index (χ0) is 16.2. The first kappa shape index (κ1) is 15.9. The number of benzene rings is 1. The molecule has 2 aromatic rings. The molecular formula is C19H24N2O2S. The summed E-state index contributed by atoms with van der Waals surface area (Å²) in [5, 5.41) is 2.17. The highest BCUT2D eigenvalue weighted by molar-refractivity contribution is 7.09. The minimum absolute atomic E-state index is 0.651. The molecule has 0 unspecified atom stereocenters. The molecule has 0 spiro atoms. The Balaban J connectivity index is 1.34. The van der Waals surface area contributed by atoms with E-state index in [1.54, 1.807) is 0 Å². The van der Waals surface area contributed by atoms with Crippen LogP contribution in [0.1, 0.15) is 16.9 Å². The number of rotatable bonds is 4. The lowest BCUT2D eigenvalue weighted by Crippen LogP contribution is -2.30. The summed E-state index contributed by atoms with van der Waals surface area (Å²) in [6.45, 7) is 8.00. The molecule has 5 heteroatoms. The van der Waals surface area contributed by atoms with E-state index in [-0.39, 0.29) is 0 Å². The highest BCUT2D eigenvalue weighted by Crippen LogP contribution is 2.31. The summed E-state index contributed by atoms with van der Waals surface area (Å²) >= 11 is 1.86. The first-order valence-corrected chi connectivity index (χ1v) is 9.60. The van der Waals surface area contributed by atoms with Crippen molar-refractivity contribution >= 4 is 11.3 Å². The summed E-state index contributed by atoms with van der Waals surface area (Å²) in [5.41, 5.74) is 1.31. The highest BCUT2D eigenvalue weighted by Gasteiger charge is 2.17. The van der Waals surface area contributed by atoms with E-state index in [1.807, 2.05) is 17.4 Å². The Morgan fingerprint density at radius 2 is 1.67 bits per heavy atom. The van der Waals surface area contributed by atoms with Crippen molar-refractivity contribution in [2.45, 2.75) is 19.5 Å². The Bertz CT molecular complexity index is 659. The molecule has 0 atom stereocenters. The molecule has 0 radical (unpaired) electrons. The summed E-state index contributed by atoms with van der Waals surface area (Å²) in [5.74, 6) is 1.77. The van der Waals surface area contributed by atoms with Crippen LogP contribution in [0.5, 0.6) is 11.5 Å². The second-order valence-corrected chi connectivity index (χ2v) is 7.50. The van der Waals surface area contributed by atoms with E-state index in [0.717, 1.165) is 44.2 Å². The molecule has 0 aliphatic carbocycles. The van der Waals surface area contributed by atoms with Crippen molar-refractivity contribution in [2.75, 3.05) is 39.4 Å². The zero-order valence-electron chi connectivity index (χ0n) is 13.9. The summed E-state index contributed by atoms with van der Waals surface area (Å²) in [7, 11) is 0. The van der Waals surface area contributed by atoms with Crippen molar-refractivity contribution in [3.63, 3.8) is 0 Å². The smallest absolute Gasteiger partial charge is 0.161 e. The molecule has 4 rings (SSSR count). The molecule has 0 N–H and O–H groups in total. The second-order valence-electron chi connectivity index (χ2n) is 6.46. The molecule has 2 aliphatic heterocycles. The first-order chi connectivity index (χ1) is 11.9. The van der Waals surface area contributed by atoms with E-state index in [0.29, 0.717) is 13.2 Å². The van der Waals surface area contributed by atoms with Gasteiger partial charge in [-0.2, -0.15) is 0 Å². The van der Waals surface area contributed by atoms with Crippen molar-refractivity contribution in [3.8, 4) is 11.5 Å². The van der Waals surface area contributed by atoms with Gasteiger partial charge in [-0.25, -0.2) is 0 Å². The molecule has 1 aromatic heterocycles. The Labute approximate surface area is 147 Å². The van der Waals surface area contributed by atoms with Crippen LogP contribution in [0.4, 0.5) is 0 Å². The lowest BCUT2D eigenvalue weighted by atomic mass is 10.1. The van der Waals surface area contributed by atoms with Crippen molar-refractivity contribution in [3.05, 3.63) is 46.2 Å². The van der Waals surface area contributed by atoms with Crippen LogP contribution in [0.15, 0.2) is 35.7 Å². The normalized spacial score (nSPS) is 19.2. The Morgan fingerprint density at radius 1 is 0.875 bits per heavy atom. The van der Waals surface area contributed by atoms with Crippen molar-refractivity contribution in [1.29, 1.82) is 0 Å². The number of thiophene rings is 1. The van der Waals surface area contributed by atoms with Crippen LogP contribution in [0.2, 0.25) is 0 Å². The van der Waals surface area contributed by atoms with E-state index in [9.17, 15) is 0 Å². The molecule has 1 fully saturated rings. The first-order valence-electron chi connectivity index (χ1n) is 8.72. The fraction of sp³-hybridized carbons (Fsp3) is 0.474. The van der Waals surface area contributed by atoms with Gasteiger partial charge in [0.25, 0.3) is 0 Å². The Morgan fingerprint density at radius 3 is 2.46 bits per heavy atom. The molecule has 1 aromatic carbocycles. The van der Waals surface area contributed by atoms with Crippen LogP contribution in [-0.2, 0) is 13.1 Å². The third-order valence-electron chi connectivity index (χ3n) is 4.65. The monoisotopic (exact) mass is 344 g/mol. The second kappa shape index (κ2) is 7.55. The average molecular weight is 344 g/mol. The van der Waals surface area contributed by atoms with Gasteiger partial charge in [0.1, 0.15) is 13.2 Å². The maximum absolute atomic E-state index is 5.70. The maximum atomic E-state index is 5.70. The molecule has 0 amide bonds. The van der Waals surface area contributed by atoms with E-state index >= 15 is 0 Å². The quantitative estimate of drug-likeness (QED) is 0.850. The maximum Gasteiger partial charge on any atom is 0.161 e. The molecule has 0 bridgehead atoms. The van der Waals surface area contributed by atoms with Gasteiger partial charge in [-0.1, -0.05) is 12.1 Å². The standard InChI is InChI=1S/C19H24N2O2S/c1-3-17(24-12-1)15-21-7-2-6-20(8-9-21)14-16-4-5-18-19(13-16)23-11-10-22-18/h1,3-5,12-13H,2,6-11,14-15H2. The number of ether oxygens (including phenoxy) is 2. The molecule has 4 nitrogen and oxygen atoms in total. The molecule has 2 aliphatic rings. The largest absolute Gasteiger partial charge is 0.486 e. The summed E-state index contributed by atoms with van der Waals surface area (Å²) < 4.78 is 11.3. The molecule has 0 saturated carbocycles. The SMILES string of the molecule is c1csc(CN2CCCN(Cc3ccc4c(c3)OCCO4)CC2)c1. The third kappa shape index (κ3) is 3.91. The number of nitrogens with zero attached hydrogens (tertiary/aromatic N) is 2. The average Bonchev–Trinajstić information content (AvgIpc) is 3.02. The molecular weight excluding hydrogens is 320 g/mol. The lowest BCUT2D eigenvalue weighted by Gasteiger charge is -2.23. The van der Waals surface area contributed by atoms with Gasteiger partial charge in [0, 0.05) is 31.1 Å². The van der Waals surface area contributed by atoms with Crippen molar-refractivity contribution in [1.82, 2.24) is 9.80 Å². The molecule has 128 valence electrons. The van der Waals surface area contributed by atoms with E-state index in [2.05, 4.69) is 39.4 Å². The molecule has 1 saturated heterocycles. The number of fused-ring (bicyclic) bond motifs is 1. The fourth-order valence-electron chi connectivity index (χ4n) is 3.41. The van der Waals surface area contributed by atoms with Gasteiger partial charge in [0.05, 0.1) is 0 Å². The minimum Gasteiger partial charge on any atom is -0.486 e. The molecule has 3 heterocycles. The van der Waals surface area contributed by atoms with Crippen LogP contribution in [0, 0.1) is 0 Å². The van der Waals surface area contributed by atoms with E-state index in [4.69, 9.17) is 9.47 Å². The summed E-state index contributed by atoms with van der Waals surface area (Å²) in [6.07, 6.45) is 1.23. The zero-order valence-corrected chi connectivity index (χ0v) is 14.8. The van der Waals surface area contributed by atoms with E-state index < -0.39 is 0 Å². The topological polar surface area (TPSA) is 24.9 Å². The van der Waals surface area contributed by atoms with Gasteiger partial charge in [0.2, 0.25) is 0 Å². The van der Waals surface area contributed by atoms with Crippen LogP contribution < -0.4 is 9.47 Å². The van der Waals surface area contributed by atoms with Crippen LogP contribution in [0.25, 0.3) is 0 Å². The molecule has 24 heavy (non-hydrogen) atoms. The number of hydrogen-bond donors (Lipinski definition) is 0. The summed E-state index contributed by atoms with van der Waals surface area (Å²) in [4.78, 5) is 6.60. The predicted octanol–water partition coefficient (Wildman–Crippen LogP) is 3.23. The lowest BCUT2D eigenvalue weighted by molar-refractivity contribution is 0.171. The predicted molar refractivity (Wildman–Crippen MR) is 96.9 cm³/mol. The van der Waals surface area contributed by atoms with Gasteiger partial charge in [-0.3, -0.25) is 9.80 Å². The van der Waals surface area contributed by atoms with Crippen molar-refractivity contribution in [2.24, 2.45) is 0 Å². The third-order valence-corrected chi connectivity index (χ3v) is 5.51. The minimum atomic E-state index is 0.651. The Kier molecular flexibility index (Phi) is 5.02.